The molecule has 0 radical (unpaired) electrons. The Balaban J connectivity index is 1.49. The lowest BCUT2D eigenvalue weighted by Gasteiger charge is -2.23. The van der Waals surface area contributed by atoms with Gasteiger partial charge in [-0.3, -0.25) is 0 Å². The molecule has 0 aliphatic rings. The summed E-state index contributed by atoms with van der Waals surface area (Å²) in [5.74, 6) is -1.52. The molecule has 0 N–H and O–H groups in total. The maximum absolute atomic E-state index is 15.2. The van der Waals surface area contributed by atoms with Crippen molar-refractivity contribution in [3.05, 3.63) is 179 Å². The molecule has 8 heteroatoms. The van der Waals surface area contributed by atoms with Crippen LogP contribution < -0.4 is 9.81 Å². The summed E-state index contributed by atoms with van der Waals surface area (Å²) in [6.07, 6.45) is 0. The number of hydrogen-bond donors (Lipinski definition) is 0. The number of rotatable bonds is 7. The number of halogens is 1. The standard InChI is InChI=1S/C41H28FNO5S/c1-43-34-21-11-10-20-32(34)37(39(43)36(27-14-4-2-5-15-27)28-16-6-3-7-17-28)38-33-25-29(42)23-24-31(33)40(44)47-41(38)48-49(45,46)35-22-12-18-26-13-8-9-19-30(26)35/h2-25,36H,1H3. The first-order valence-electron chi connectivity index (χ1n) is 15.7. The van der Waals surface area contributed by atoms with Crippen molar-refractivity contribution < 1.29 is 21.4 Å². The molecule has 0 atom stereocenters. The summed E-state index contributed by atoms with van der Waals surface area (Å²) in [5.41, 5.74) is 3.40. The molecule has 0 bridgehead atoms. The van der Waals surface area contributed by atoms with E-state index in [2.05, 4.69) is 4.57 Å². The molecule has 0 saturated carbocycles. The van der Waals surface area contributed by atoms with Gasteiger partial charge in [0.15, 0.2) is 0 Å². The molecule has 8 aromatic rings. The van der Waals surface area contributed by atoms with Gasteiger partial charge in [0.2, 0.25) is 0 Å². The van der Waals surface area contributed by atoms with Crippen LogP contribution in [0.5, 0.6) is 5.95 Å². The van der Waals surface area contributed by atoms with Crippen LogP contribution in [0.3, 0.4) is 0 Å². The molecule has 0 saturated heterocycles. The molecule has 6 aromatic carbocycles. The van der Waals surface area contributed by atoms with Gasteiger partial charge in [0.05, 0.1) is 10.9 Å². The Morgan fingerprint density at radius 2 is 1.27 bits per heavy atom. The van der Waals surface area contributed by atoms with Crippen molar-refractivity contribution in [2.75, 3.05) is 0 Å². The van der Waals surface area contributed by atoms with E-state index in [9.17, 15) is 13.2 Å². The maximum Gasteiger partial charge on any atom is 0.346 e. The predicted molar refractivity (Wildman–Crippen MR) is 190 cm³/mol. The third-order valence-corrected chi connectivity index (χ3v) is 10.3. The van der Waals surface area contributed by atoms with Crippen LogP contribution in [0.4, 0.5) is 4.39 Å². The summed E-state index contributed by atoms with van der Waals surface area (Å²) in [6.45, 7) is 0. The molecule has 2 aromatic heterocycles. The van der Waals surface area contributed by atoms with E-state index >= 15 is 4.39 Å². The fraction of sp³-hybridized carbons (Fsp3) is 0.0488. The van der Waals surface area contributed by atoms with Crippen LogP contribution in [0, 0.1) is 5.82 Å². The van der Waals surface area contributed by atoms with E-state index in [0.29, 0.717) is 16.3 Å². The van der Waals surface area contributed by atoms with Crippen molar-refractivity contribution in [3.63, 3.8) is 0 Å². The maximum atomic E-state index is 15.2. The first kappa shape index (κ1) is 30.4. The van der Waals surface area contributed by atoms with E-state index in [0.717, 1.165) is 27.7 Å². The minimum atomic E-state index is -4.58. The quantitative estimate of drug-likeness (QED) is 0.159. The Morgan fingerprint density at radius 3 is 1.98 bits per heavy atom. The summed E-state index contributed by atoms with van der Waals surface area (Å²) in [6, 6.07) is 43.2. The van der Waals surface area contributed by atoms with Gasteiger partial charge in [-0.2, -0.15) is 8.42 Å². The third kappa shape index (κ3) is 5.17. The normalized spacial score (nSPS) is 11.9. The Kier molecular flexibility index (Phi) is 7.38. The summed E-state index contributed by atoms with van der Waals surface area (Å²) < 4.78 is 57.3. The summed E-state index contributed by atoms with van der Waals surface area (Å²) >= 11 is 0. The average molecular weight is 666 g/mol. The Hall–Kier alpha value is -5.99. The van der Waals surface area contributed by atoms with E-state index in [4.69, 9.17) is 8.60 Å². The number of benzene rings is 6. The molecule has 0 aliphatic heterocycles. The molecule has 8 rings (SSSR count). The number of hydrogen-bond acceptors (Lipinski definition) is 5. The van der Waals surface area contributed by atoms with Crippen LogP contribution in [0.25, 0.3) is 43.6 Å². The molecule has 49 heavy (non-hydrogen) atoms. The zero-order valence-corrected chi connectivity index (χ0v) is 27.0. The number of nitrogens with zero attached hydrogens (tertiary/aromatic N) is 1. The number of fused-ring (bicyclic) bond motifs is 3. The molecule has 0 amide bonds. The third-order valence-electron chi connectivity index (χ3n) is 9.01. The fourth-order valence-corrected chi connectivity index (χ4v) is 7.97. The molecule has 0 spiro atoms. The Bertz CT molecular complexity index is 2660. The number of aromatic nitrogens is 1. The first-order valence-corrected chi connectivity index (χ1v) is 17.1. The summed E-state index contributed by atoms with van der Waals surface area (Å²) in [7, 11) is -2.64. The van der Waals surface area contributed by atoms with Crippen LogP contribution >= 0.6 is 0 Å². The van der Waals surface area contributed by atoms with Crippen LogP contribution in [0.2, 0.25) is 0 Å². The second-order valence-corrected chi connectivity index (χ2v) is 13.4. The van der Waals surface area contributed by atoms with Crippen molar-refractivity contribution in [1.29, 1.82) is 0 Å². The van der Waals surface area contributed by atoms with Gasteiger partial charge in [-0.05, 0) is 46.8 Å². The summed E-state index contributed by atoms with van der Waals surface area (Å²) in [5, 5.41) is 2.13. The average Bonchev–Trinajstić information content (AvgIpc) is 3.40. The van der Waals surface area contributed by atoms with Gasteiger partial charge in [-0.25, -0.2) is 9.18 Å². The van der Waals surface area contributed by atoms with Crippen molar-refractivity contribution >= 4 is 42.6 Å². The zero-order chi connectivity index (χ0) is 33.7. The largest absolute Gasteiger partial charge is 0.388 e. The Labute approximate surface area is 281 Å². The van der Waals surface area contributed by atoms with Crippen molar-refractivity contribution in [3.8, 4) is 17.1 Å². The molecule has 6 nitrogen and oxygen atoms in total. The van der Waals surface area contributed by atoms with Gasteiger partial charge in [0.25, 0.3) is 0 Å². The van der Waals surface area contributed by atoms with Gasteiger partial charge in [0, 0.05) is 45.9 Å². The molecule has 0 fully saturated rings. The van der Waals surface area contributed by atoms with Gasteiger partial charge in [-0.15, -0.1) is 0 Å². The molecule has 0 aliphatic carbocycles. The second-order valence-electron chi connectivity index (χ2n) is 11.8. The van der Waals surface area contributed by atoms with E-state index < -0.39 is 27.5 Å². The van der Waals surface area contributed by atoms with E-state index in [-0.39, 0.29) is 27.1 Å². The van der Waals surface area contributed by atoms with Crippen molar-refractivity contribution in [1.82, 2.24) is 4.57 Å². The monoisotopic (exact) mass is 665 g/mol. The zero-order valence-electron chi connectivity index (χ0n) is 26.2. The molecular formula is C41H28FNO5S. The van der Waals surface area contributed by atoms with E-state index in [1.165, 1.54) is 24.3 Å². The highest BCUT2D eigenvalue weighted by Crippen LogP contribution is 2.48. The lowest BCUT2D eigenvalue weighted by molar-refractivity contribution is 0.364. The Morgan fingerprint density at radius 1 is 0.653 bits per heavy atom. The van der Waals surface area contributed by atoms with E-state index in [1.807, 2.05) is 98.0 Å². The smallest absolute Gasteiger partial charge is 0.346 e. The second kappa shape index (κ2) is 11.9. The number of para-hydroxylation sites is 1. The SMILES string of the molecule is Cn1c(C(c2ccccc2)c2ccccc2)c(-c2c(OS(=O)(=O)c3cccc4ccccc34)oc(=O)c3ccc(F)cc23)c2ccccc21. The predicted octanol–water partition coefficient (Wildman–Crippen LogP) is 9.19. The molecule has 240 valence electrons. The van der Waals surface area contributed by atoms with Crippen LogP contribution in [0.15, 0.2) is 160 Å². The highest BCUT2D eigenvalue weighted by atomic mass is 32.2. The van der Waals surface area contributed by atoms with Crippen LogP contribution in [-0.2, 0) is 17.2 Å². The number of aryl methyl sites for hydroxylation is 1. The van der Waals surface area contributed by atoms with Crippen molar-refractivity contribution in [2.45, 2.75) is 10.8 Å². The van der Waals surface area contributed by atoms with Gasteiger partial charge in [-0.1, -0.05) is 115 Å². The lowest BCUT2D eigenvalue weighted by Crippen LogP contribution is -2.14. The molecular weight excluding hydrogens is 638 g/mol. The van der Waals surface area contributed by atoms with Gasteiger partial charge < -0.3 is 13.2 Å². The lowest BCUT2D eigenvalue weighted by atomic mass is 9.84. The summed E-state index contributed by atoms with van der Waals surface area (Å²) in [4.78, 5) is 13.4. The molecule has 2 heterocycles. The van der Waals surface area contributed by atoms with E-state index in [1.54, 1.807) is 30.3 Å². The van der Waals surface area contributed by atoms with Crippen LogP contribution in [0.1, 0.15) is 22.7 Å². The molecule has 0 unspecified atom stereocenters. The van der Waals surface area contributed by atoms with Crippen molar-refractivity contribution in [2.24, 2.45) is 7.05 Å². The topological polar surface area (TPSA) is 78.5 Å². The fourth-order valence-electron chi connectivity index (χ4n) is 6.87. The highest BCUT2D eigenvalue weighted by Gasteiger charge is 2.33. The van der Waals surface area contributed by atoms with Crippen LogP contribution in [-0.4, -0.2) is 13.0 Å². The highest BCUT2D eigenvalue weighted by molar-refractivity contribution is 7.87. The van der Waals surface area contributed by atoms with Gasteiger partial charge in [0.1, 0.15) is 10.7 Å². The first-order chi connectivity index (χ1) is 23.8. The minimum absolute atomic E-state index is 0.0844. The minimum Gasteiger partial charge on any atom is -0.388 e. The van der Waals surface area contributed by atoms with Gasteiger partial charge >= 0.3 is 21.7 Å².